The molecule has 0 aliphatic heterocycles. The largest absolute Gasteiger partial charge is 0.507 e. The second-order valence-corrected chi connectivity index (χ2v) is 3.56. The fourth-order valence-corrected chi connectivity index (χ4v) is 1.19. The first-order valence-electron chi connectivity index (χ1n) is 4.54. The molecule has 0 saturated carbocycles. The molecule has 4 heteroatoms. The topological polar surface area (TPSA) is 74.6 Å². The normalized spacial score (nSPS) is 10.3. The summed E-state index contributed by atoms with van der Waals surface area (Å²) in [7, 11) is 0. The van der Waals surface area contributed by atoms with Gasteiger partial charge in [0, 0.05) is 11.5 Å². The lowest BCUT2D eigenvalue weighted by Crippen LogP contribution is -2.09. The van der Waals surface area contributed by atoms with Gasteiger partial charge in [0.1, 0.15) is 11.3 Å². The van der Waals surface area contributed by atoms with E-state index in [9.17, 15) is 14.7 Å². The van der Waals surface area contributed by atoms with Crippen LogP contribution in [-0.2, 0) is 0 Å². The maximum atomic E-state index is 11.6. The molecule has 0 radical (unpaired) electrons. The van der Waals surface area contributed by atoms with Gasteiger partial charge in [0.2, 0.25) is 0 Å². The number of carboxylic acids is 1. The molecule has 0 atom stereocenters. The number of carbonyl (C=O) groups excluding carboxylic acids is 1. The molecule has 1 aromatic carbocycles. The highest BCUT2D eigenvalue weighted by Gasteiger charge is 2.15. The van der Waals surface area contributed by atoms with Gasteiger partial charge in [0.15, 0.2) is 5.78 Å². The summed E-state index contributed by atoms with van der Waals surface area (Å²) >= 11 is 0. The van der Waals surface area contributed by atoms with Gasteiger partial charge < -0.3 is 10.2 Å². The highest BCUT2D eigenvalue weighted by Crippen LogP contribution is 2.20. The minimum absolute atomic E-state index is 0.141. The first-order valence-corrected chi connectivity index (χ1v) is 4.54. The van der Waals surface area contributed by atoms with Gasteiger partial charge in [-0.1, -0.05) is 13.8 Å². The third-order valence-electron chi connectivity index (χ3n) is 2.04. The van der Waals surface area contributed by atoms with Crippen molar-refractivity contribution in [3.05, 3.63) is 29.3 Å². The number of carboxylic acid groups (broad SMARTS) is 1. The van der Waals surface area contributed by atoms with E-state index in [1.165, 1.54) is 18.2 Å². The SMILES string of the molecule is CC(C)C(=O)c1ccc(O)c(C(=O)O)c1. The first-order chi connectivity index (χ1) is 6.93. The monoisotopic (exact) mass is 208 g/mol. The van der Waals surface area contributed by atoms with Crippen molar-refractivity contribution >= 4 is 11.8 Å². The van der Waals surface area contributed by atoms with Crippen LogP contribution in [0.2, 0.25) is 0 Å². The molecule has 0 fully saturated rings. The summed E-state index contributed by atoms with van der Waals surface area (Å²) in [6.45, 7) is 3.46. The molecule has 80 valence electrons. The van der Waals surface area contributed by atoms with E-state index in [0.29, 0.717) is 5.56 Å². The van der Waals surface area contributed by atoms with E-state index >= 15 is 0 Å². The molecule has 0 amide bonds. The molecule has 0 aromatic heterocycles. The summed E-state index contributed by atoms with van der Waals surface area (Å²) < 4.78 is 0. The highest BCUT2D eigenvalue weighted by molar-refractivity contribution is 6.00. The summed E-state index contributed by atoms with van der Waals surface area (Å²) in [5.41, 5.74) is 0.0571. The maximum Gasteiger partial charge on any atom is 0.339 e. The van der Waals surface area contributed by atoms with Gasteiger partial charge in [-0.15, -0.1) is 0 Å². The van der Waals surface area contributed by atoms with E-state index in [1.807, 2.05) is 0 Å². The van der Waals surface area contributed by atoms with E-state index in [-0.39, 0.29) is 23.0 Å². The minimum Gasteiger partial charge on any atom is -0.507 e. The minimum atomic E-state index is -1.24. The van der Waals surface area contributed by atoms with Gasteiger partial charge in [-0.25, -0.2) is 4.79 Å². The summed E-state index contributed by atoms with van der Waals surface area (Å²) in [5, 5.41) is 18.0. The Bertz CT molecular complexity index is 407. The van der Waals surface area contributed by atoms with Gasteiger partial charge in [0.05, 0.1) is 0 Å². The molecule has 0 bridgehead atoms. The highest BCUT2D eigenvalue weighted by atomic mass is 16.4. The average molecular weight is 208 g/mol. The average Bonchev–Trinajstić information content (AvgIpc) is 2.16. The van der Waals surface area contributed by atoms with Crippen LogP contribution in [0.15, 0.2) is 18.2 Å². The molecule has 0 aliphatic rings. The lowest BCUT2D eigenvalue weighted by atomic mass is 9.99. The van der Waals surface area contributed by atoms with Crippen molar-refractivity contribution in [2.24, 2.45) is 5.92 Å². The molecule has 1 aromatic rings. The third-order valence-corrected chi connectivity index (χ3v) is 2.04. The Morgan fingerprint density at radius 1 is 1.27 bits per heavy atom. The zero-order valence-electron chi connectivity index (χ0n) is 8.52. The Hall–Kier alpha value is -1.84. The van der Waals surface area contributed by atoms with Gasteiger partial charge in [-0.2, -0.15) is 0 Å². The summed E-state index contributed by atoms with van der Waals surface area (Å²) in [4.78, 5) is 22.3. The molecular weight excluding hydrogens is 196 g/mol. The van der Waals surface area contributed by atoms with Crippen LogP contribution in [0.5, 0.6) is 5.75 Å². The smallest absolute Gasteiger partial charge is 0.339 e. The van der Waals surface area contributed by atoms with Crippen molar-refractivity contribution in [3.8, 4) is 5.75 Å². The van der Waals surface area contributed by atoms with Crippen LogP contribution >= 0.6 is 0 Å². The lowest BCUT2D eigenvalue weighted by Gasteiger charge is -2.06. The molecule has 2 N–H and O–H groups in total. The van der Waals surface area contributed by atoms with Crippen molar-refractivity contribution in [1.29, 1.82) is 0 Å². The second-order valence-electron chi connectivity index (χ2n) is 3.56. The number of phenols is 1. The third kappa shape index (κ3) is 2.34. The standard InChI is InChI=1S/C11H12O4/c1-6(2)10(13)7-3-4-9(12)8(5-7)11(14)15/h3-6,12H,1-2H3,(H,14,15). The van der Waals surface area contributed by atoms with E-state index < -0.39 is 5.97 Å². The van der Waals surface area contributed by atoms with Crippen LogP contribution in [0.1, 0.15) is 34.6 Å². The molecule has 4 nitrogen and oxygen atoms in total. The molecule has 0 spiro atoms. The van der Waals surface area contributed by atoms with Gasteiger partial charge in [-0.3, -0.25) is 4.79 Å². The fraction of sp³-hybridized carbons (Fsp3) is 0.273. The van der Waals surface area contributed by atoms with Crippen LogP contribution < -0.4 is 0 Å². The Labute approximate surface area is 87.2 Å². The van der Waals surface area contributed by atoms with Crippen molar-refractivity contribution < 1.29 is 19.8 Å². The van der Waals surface area contributed by atoms with Crippen molar-refractivity contribution in [2.75, 3.05) is 0 Å². The lowest BCUT2D eigenvalue weighted by molar-refractivity contribution is 0.0693. The number of ketones is 1. The van der Waals surface area contributed by atoms with Crippen LogP contribution in [0.4, 0.5) is 0 Å². The Morgan fingerprint density at radius 2 is 1.87 bits per heavy atom. The predicted octanol–water partition coefficient (Wildman–Crippen LogP) is 1.93. The van der Waals surface area contributed by atoms with Crippen LogP contribution in [-0.4, -0.2) is 22.0 Å². The first kappa shape index (κ1) is 11.2. The predicted molar refractivity (Wildman–Crippen MR) is 54.2 cm³/mol. The molecular formula is C11H12O4. The fourth-order valence-electron chi connectivity index (χ4n) is 1.19. The summed E-state index contributed by atoms with van der Waals surface area (Å²) in [6, 6.07) is 3.84. The van der Waals surface area contributed by atoms with Gasteiger partial charge in [0.25, 0.3) is 0 Å². The van der Waals surface area contributed by atoms with E-state index in [4.69, 9.17) is 5.11 Å². The number of Topliss-reactive ketones (excluding diaryl/α,β-unsaturated/α-hetero) is 1. The zero-order chi connectivity index (χ0) is 11.6. The number of aromatic carboxylic acids is 1. The second kappa shape index (κ2) is 4.13. The van der Waals surface area contributed by atoms with Crippen LogP contribution in [0.3, 0.4) is 0 Å². The Morgan fingerprint density at radius 3 is 2.33 bits per heavy atom. The zero-order valence-corrected chi connectivity index (χ0v) is 8.52. The number of aromatic hydroxyl groups is 1. The number of rotatable bonds is 3. The van der Waals surface area contributed by atoms with Crippen molar-refractivity contribution in [3.63, 3.8) is 0 Å². The van der Waals surface area contributed by atoms with Gasteiger partial charge in [-0.05, 0) is 18.2 Å². The van der Waals surface area contributed by atoms with E-state index in [0.717, 1.165) is 0 Å². The maximum absolute atomic E-state index is 11.6. The Kier molecular flexibility index (Phi) is 3.09. The quantitative estimate of drug-likeness (QED) is 0.744. The molecule has 15 heavy (non-hydrogen) atoms. The van der Waals surface area contributed by atoms with Crippen LogP contribution in [0, 0.1) is 5.92 Å². The molecule has 1 rings (SSSR count). The van der Waals surface area contributed by atoms with Gasteiger partial charge >= 0.3 is 5.97 Å². The molecule has 0 unspecified atom stereocenters. The number of benzene rings is 1. The Balaban J connectivity index is 3.19. The molecule has 0 aliphatic carbocycles. The number of carbonyl (C=O) groups is 2. The molecule has 0 heterocycles. The summed E-state index contributed by atoms with van der Waals surface area (Å²) in [5.74, 6) is -1.91. The van der Waals surface area contributed by atoms with E-state index in [1.54, 1.807) is 13.8 Å². The number of hydrogen-bond acceptors (Lipinski definition) is 3. The summed E-state index contributed by atoms with van der Waals surface area (Å²) in [6.07, 6.45) is 0. The molecule has 0 saturated heterocycles. The number of hydrogen-bond donors (Lipinski definition) is 2. The van der Waals surface area contributed by atoms with Crippen LogP contribution in [0.25, 0.3) is 0 Å². The van der Waals surface area contributed by atoms with E-state index in [2.05, 4.69) is 0 Å². The van der Waals surface area contributed by atoms with Crippen molar-refractivity contribution in [1.82, 2.24) is 0 Å². The van der Waals surface area contributed by atoms with Crippen molar-refractivity contribution in [2.45, 2.75) is 13.8 Å².